The van der Waals surface area contributed by atoms with Crippen LogP contribution in [0.25, 0.3) is 0 Å². The molecule has 1 aromatic rings. The number of hydrogen-bond donors (Lipinski definition) is 1. The van der Waals surface area contributed by atoms with Crippen molar-refractivity contribution in [1.82, 2.24) is 15.1 Å². The topological polar surface area (TPSA) is 30.9 Å². The Kier molecular flexibility index (Phi) is 9.36. The van der Waals surface area contributed by atoms with Crippen molar-refractivity contribution in [2.75, 3.05) is 46.3 Å². The van der Waals surface area contributed by atoms with Gasteiger partial charge >= 0.3 is 0 Å². The number of halogens is 1. The molecule has 1 N–H and O–H groups in total. The van der Waals surface area contributed by atoms with E-state index in [1.807, 2.05) is 0 Å². The Hall–Kier alpha value is -0.820. The summed E-state index contributed by atoms with van der Waals surface area (Å²) in [4.78, 5) is 9.95. The van der Waals surface area contributed by atoms with Crippen LogP contribution < -0.4 is 5.32 Å². The van der Waals surface area contributed by atoms with Crippen LogP contribution in [-0.4, -0.2) is 62.1 Å². The molecular weight excluding hydrogens is 447 g/mol. The molecule has 0 aromatic heterocycles. The van der Waals surface area contributed by atoms with Crippen LogP contribution >= 0.6 is 24.0 Å². The number of hydrogen-bond acceptors (Lipinski definition) is 2. The maximum Gasteiger partial charge on any atom is 0.193 e. The minimum atomic E-state index is 0. The van der Waals surface area contributed by atoms with E-state index in [1.165, 1.54) is 37.9 Å². The largest absolute Gasteiger partial charge is 0.357 e. The summed E-state index contributed by atoms with van der Waals surface area (Å²) in [6.45, 7) is 11.1. The molecule has 152 valence electrons. The van der Waals surface area contributed by atoms with Gasteiger partial charge < -0.3 is 15.1 Å². The van der Waals surface area contributed by atoms with Gasteiger partial charge in [0.2, 0.25) is 0 Å². The molecule has 5 heteroatoms. The van der Waals surface area contributed by atoms with Crippen LogP contribution in [0.3, 0.4) is 0 Å². The number of piperidine rings is 2. The molecule has 2 fully saturated rings. The van der Waals surface area contributed by atoms with Gasteiger partial charge in [-0.1, -0.05) is 37.3 Å². The van der Waals surface area contributed by atoms with Crippen molar-refractivity contribution in [2.24, 2.45) is 16.8 Å². The van der Waals surface area contributed by atoms with Gasteiger partial charge in [-0.25, -0.2) is 0 Å². The Labute approximate surface area is 182 Å². The summed E-state index contributed by atoms with van der Waals surface area (Å²) in [5.74, 6) is 3.20. The molecule has 2 heterocycles. The zero-order valence-electron chi connectivity index (χ0n) is 17.2. The number of nitrogens with one attached hydrogen (secondary N) is 1. The van der Waals surface area contributed by atoms with Crippen molar-refractivity contribution in [1.29, 1.82) is 0 Å². The van der Waals surface area contributed by atoms with E-state index >= 15 is 0 Å². The minimum absolute atomic E-state index is 0. The molecule has 0 aliphatic carbocycles. The first-order chi connectivity index (χ1) is 12.7. The lowest BCUT2D eigenvalue weighted by molar-refractivity contribution is 0.220. The zero-order valence-corrected chi connectivity index (χ0v) is 19.6. The highest BCUT2D eigenvalue weighted by atomic mass is 127. The average Bonchev–Trinajstić information content (AvgIpc) is 2.67. The number of guanidine groups is 1. The van der Waals surface area contributed by atoms with Crippen LogP contribution in [0.2, 0.25) is 0 Å². The third-order valence-corrected chi connectivity index (χ3v) is 6.10. The van der Waals surface area contributed by atoms with Gasteiger partial charge in [-0.3, -0.25) is 4.99 Å². The van der Waals surface area contributed by atoms with Gasteiger partial charge in [-0.2, -0.15) is 0 Å². The molecule has 1 aromatic carbocycles. The lowest BCUT2D eigenvalue weighted by atomic mass is 9.82. The number of aliphatic imine (C=N–C) groups is 1. The standard InChI is InChI=1S/C22H36N4.HI/c1-4-23-22(24-16-19-10-13-25(3)14-11-19)26-15-12-21(18(2)17-26)20-8-6-5-7-9-20;/h5-9,18-19,21H,4,10-17H2,1-3H3,(H,23,24);1H. The molecule has 2 aliphatic heterocycles. The molecule has 0 saturated carbocycles. The molecule has 2 saturated heterocycles. The molecule has 3 rings (SSSR count). The maximum absolute atomic E-state index is 5.03. The summed E-state index contributed by atoms with van der Waals surface area (Å²) >= 11 is 0. The quantitative estimate of drug-likeness (QED) is 0.398. The molecule has 0 spiro atoms. The first-order valence-corrected chi connectivity index (χ1v) is 10.4. The summed E-state index contributed by atoms with van der Waals surface area (Å²) in [6.07, 6.45) is 3.78. The zero-order chi connectivity index (χ0) is 18.4. The predicted octanol–water partition coefficient (Wildman–Crippen LogP) is 4.04. The molecule has 0 bridgehead atoms. The highest BCUT2D eigenvalue weighted by Crippen LogP contribution is 2.32. The molecule has 2 atom stereocenters. The first-order valence-electron chi connectivity index (χ1n) is 10.4. The van der Waals surface area contributed by atoms with Crippen LogP contribution in [0.5, 0.6) is 0 Å². The summed E-state index contributed by atoms with van der Waals surface area (Å²) in [5.41, 5.74) is 1.49. The minimum Gasteiger partial charge on any atom is -0.357 e. The van der Waals surface area contributed by atoms with E-state index in [1.54, 1.807) is 0 Å². The molecule has 2 unspecified atom stereocenters. The van der Waals surface area contributed by atoms with Crippen molar-refractivity contribution in [3.05, 3.63) is 35.9 Å². The second-order valence-electron chi connectivity index (χ2n) is 8.17. The number of likely N-dealkylation sites (tertiary alicyclic amines) is 2. The molecule has 4 nitrogen and oxygen atoms in total. The van der Waals surface area contributed by atoms with Crippen LogP contribution in [0, 0.1) is 11.8 Å². The van der Waals surface area contributed by atoms with Crippen LogP contribution in [-0.2, 0) is 0 Å². The third kappa shape index (κ3) is 6.34. The van der Waals surface area contributed by atoms with Crippen LogP contribution in [0.4, 0.5) is 0 Å². The van der Waals surface area contributed by atoms with E-state index in [-0.39, 0.29) is 24.0 Å². The average molecular weight is 484 g/mol. The Morgan fingerprint density at radius 1 is 1.11 bits per heavy atom. The Morgan fingerprint density at radius 2 is 1.81 bits per heavy atom. The van der Waals surface area contributed by atoms with Crippen molar-refractivity contribution in [2.45, 2.75) is 39.0 Å². The Morgan fingerprint density at radius 3 is 2.44 bits per heavy atom. The van der Waals surface area contributed by atoms with Crippen molar-refractivity contribution >= 4 is 29.9 Å². The Balaban J connectivity index is 0.00000261. The normalized spacial score (nSPS) is 25.1. The van der Waals surface area contributed by atoms with E-state index in [0.717, 1.165) is 38.1 Å². The van der Waals surface area contributed by atoms with E-state index < -0.39 is 0 Å². The molecule has 27 heavy (non-hydrogen) atoms. The van der Waals surface area contributed by atoms with Crippen LogP contribution in [0.1, 0.15) is 44.6 Å². The van der Waals surface area contributed by atoms with Gasteiger partial charge in [-0.15, -0.1) is 24.0 Å². The summed E-state index contributed by atoms with van der Waals surface area (Å²) < 4.78 is 0. The van der Waals surface area contributed by atoms with Gasteiger partial charge in [0.25, 0.3) is 0 Å². The molecule has 0 amide bonds. The lowest BCUT2D eigenvalue weighted by Gasteiger charge is -2.39. The summed E-state index contributed by atoms with van der Waals surface area (Å²) in [6, 6.07) is 11.0. The molecule has 0 radical (unpaired) electrons. The van der Waals surface area contributed by atoms with Gasteiger partial charge in [0.05, 0.1) is 0 Å². The fourth-order valence-corrected chi connectivity index (χ4v) is 4.42. The highest BCUT2D eigenvalue weighted by molar-refractivity contribution is 14.0. The predicted molar refractivity (Wildman–Crippen MR) is 126 cm³/mol. The third-order valence-electron chi connectivity index (χ3n) is 6.10. The highest BCUT2D eigenvalue weighted by Gasteiger charge is 2.28. The lowest BCUT2D eigenvalue weighted by Crippen LogP contribution is -2.48. The van der Waals surface area contributed by atoms with E-state index in [9.17, 15) is 0 Å². The number of rotatable bonds is 4. The number of nitrogens with zero attached hydrogens (tertiary/aromatic N) is 3. The Bertz CT molecular complexity index is 569. The summed E-state index contributed by atoms with van der Waals surface area (Å²) in [5, 5.41) is 3.54. The maximum atomic E-state index is 5.03. The van der Waals surface area contributed by atoms with Crippen molar-refractivity contribution < 1.29 is 0 Å². The second kappa shape index (κ2) is 11.2. The van der Waals surface area contributed by atoms with Crippen molar-refractivity contribution in [3.63, 3.8) is 0 Å². The fourth-order valence-electron chi connectivity index (χ4n) is 4.42. The smallest absolute Gasteiger partial charge is 0.193 e. The van der Waals surface area contributed by atoms with E-state index in [2.05, 4.69) is 66.3 Å². The molecule has 2 aliphatic rings. The number of benzene rings is 1. The monoisotopic (exact) mass is 484 g/mol. The van der Waals surface area contributed by atoms with Gasteiger partial charge in [0, 0.05) is 26.2 Å². The first kappa shape index (κ1) is 22.5. The van der Waals surface area contributed by atoms with E-state index in [4.69, 9.17) is 4.99 Å². The van der Waals surface area contributed by atoms with Gasteiger partial charge in [0.1, 0.15) is 0 Å². The van der Waals surface area contributed by atoms with E-state index in [0.29, 0.717) is 11.8 Å². The second-order valence-corrected chi connectivity index (χ2v) is 8.17. The van der Waals surface area contributed by atoms with Crippen LogP contribution in [0.15, 0.2) is 35.3 Å². The SMILES string of the molecule is CCNC(=NCC1CCN(C)CC1)N1CCC(c2ccccc2)C(C)C1.I. The van der Waals surface area contributed by atoms with Gasteiger partial charge in [0.15, 0.2) is 5.96 Å². The summed E-state index contributed by atoms with van der Waals surface area (Å²) in [7, 11) is 2.22. The molecular formula is C22H37IN4. The van der Waals surface area contributed by atoms with Gasteiger partial charge in [-0.05, 0) is 69.6 Å². The fraction of sp³-hybridized carbons (Fsp3) is 0.682. The van der Waals surface area contributed by atoms with Crippen molar-refractivity contribution in [3.8, 4) is 0 Å².